The van der Waals surface area contributed by atoms with Gasteiger partial charge in [-0.2, -0.15) is 9.78 Å². The standard InChI is InChI=1S/C24H26N4O2S2/c1-15-12-20-21(13-16(15)2)32-24(25-20)28-22(14-17(3)27-28)26-23(29)6-5-11-31-19-9-7-18(30-4)8-10-19/h7-10,12-14H,5-6,11H2,1-4H3,(H,26,29). The number of carbonyl (C=O) groups excluding carboxylic acids is 1. The van der Waals surface area contributed by atoms with Crippen LogP contribution in [0.2, 0.25) is 0 Å². The average Bonchev–Trinajstić information content (AvgIpc) is 3.34. The molecule has 1 amide bonds. The molecule has 0 aliphatic carbocycles. The normalized spacial score (nSPS) is 11.1. The van der Waals surface area contributed by atoms with Crippen LogP contribution in [0.25, 0.3) is 15.3 Å². The maximum absolute atomic E-state index is 12.6. The highest BCUT2D eigenvalue weighted by atomic mass is 32.2. The maximum atomic E-state index is 12.6. The van der Waals surface area contributed by atoms with Crippen LogP contribution in [0.3, 0.4) is 0 Å². The largest absolute Gasteiger partial charge is 0.497 e. The number of amides is 1. The van der Waals surface area contributed by atoms with E-state index in [1.54, 1.807) is 34.9 Å². The summed E-state index contributed by atoms with van der Waals surface area (Å²) in [6.45, 7) is 6.11. The summed E-state index contributed by atoms with van der Waals surface area (Å²) in [5.74, 6) is 2.35. The first-order chi connectivity index (χ1) is 15.4. The lowest BCUT2D eigenvalue weighted by Crippen LogP contribution is -2.14. The summed E-state index contributed by atoms with van der Waals surface area (Å²) >= 11 is 3.31. The van der Waals surface area contributed by atoms with E-state index in [-0.39, 0.29) is 5.91 Å². The number of ether oxygens (including phenoxy) is 1. The van der Waals surface area contributed by atoms with Crippen LogP contribution < -0.4 is 10.1 Å². The molecule has 0 saturated carbocycles. The van der Waals surface area contributed by atoms with Crippen molar-refractivity contribution in [2.45, 2.75) is 38.5 Å². The van der Waals surface area contributed by atoms with Gasteiger partial charge >= 0.3 is 0 Å². The van der Waals surface area contributed by atoms with Gasteiger partial charge in [-0.25, -0.2) is 4.98 Å². The van der Waals surface area contributed by atoms with Crippen LogP contribution >= 0.6 is 23.1 Å². The van der Waals surface area contributed by atoms with Crippen LogP contribution in [0.15, 0.2) is 47.4 Å². The van der Waals surface area contributed by atoms with Crippen molar-refractivity contribution in [2.75, 3.05) is 18.2 Å². The molecule has 8 heteroatoms. The molecular formula is C24H26N4O2S2. The molecule has 2 heterocycles. The number of anilines is 1. The number of hydrogen-bond acceptors (Lipinski definition) is 6. The monoisotopic (exact) mass is 466 g/mol. The van der Waals surface area contributed by atoms with Gasteiger partial charge in [0.2, 0.25) is 11.0 Å². The minimum absolute atomic E-state index is 0.0192. The first-order valence-corrected chi connectivity index (χ1v) is 12.2. The summed E-state index contributed by atoms with van der Waals surface area (Å²) in [6.07, 6.45) is 1.24. The Kier molecular flexibility index (Phi) is 6.81. The fourth-order valence-electron chi connectivity index (χ4n) is 3.29. The zero-order chi connectivity index (χ0) is 22.7. The quantitative estimate of drug-likeness (QED) is 0.258. The lowest BCUT2D eigenvalue weighted by Gasteiger charge is -2.07. The Morgan fingerprint density at radius 1 is 1.12 bits per heavy atom. The summed E-state index contributed by atoms with van der Waals surface area (Å²) in [4.78, 5) is 18.5. The summed E-state index contributed by atoms with van der Waals surface area (Å²) in [7, 11) is 1.66. The number of methoxy groups -OCH3 is 1. The Balaban J connectivity index is 1.38. The van der Waals surface area contributed by atoms with Crippen molar-refractivity contribution in [3.05, 3.63) is 59.3 Å². The predicted molar refractivity (Wildman–Crippen MR) is 133 cm³/mol. The highest BCUT2D eigenvalue weighted by Crippen LogP contribution is 2.29. The van der Waals surface area contributed by atoms with Crippen molar-refractivity contribution in [1.29, 1.82) is 0 Å². The first-order valence-electron chi connectivity index (χ1n) is 10.4. The SMILES string of the molecule is COc1ccc(SCCCC(=O)Nc2cc(C)nn2-c2nc3cc(C)c(C)cc3s2)cc1. The minimum Gasteiger partial charge on any atom is -0.497 e. The van der Waals surface area contributed by atoms with E-state index in [4.69, 9.17) is 9.72 Å². The van der Waals surface area contributed by atoms with Crippen LogP contribution in [0.4, 0.5) is 5.82 Å². The van der Waals surface area contributed by atoms with E-state index >= 15 is 0 Å². The van der Waals surface area contributed by atoms with Crippen LogP contribution in [-0.2, 0) is 4.79 Å². The number of thioether (sulfide) groups is 1. The number of aryl methyl sites for hydroxylation is 3. The average molecular weight is 467 g/mol. The Morgan fingerprint density at radius 3 is 2.62 bits per heavy atom. The van der Waals surface area contributed by atoms with Gasteiger partial charge in [0.15, 0.2) is 0 Å². The highest BCUT2D eigenvalue weighted by molar-refractivity contribution is 7.99. The molecule has 0 atom stereocenters. The molecule has 0 radical (unpaired) electrons. The van der Waals surface area contributed by atoms with E-state index in [0.717, 1.165) is 39.0 Å². The van der Waals surface area contributed by atoms with Crippen molar-refractivity contribution in [1.82, 2.24) is 14.8 Å². The van der Waals surface area contributed by atoms with Crippen molar-refractivity contribution in [3.8, 4) is 10.9 Å². The minimum atomic E-state index is -0.0192. The van der Waals surface area contributed by atoms with Crippen LogP contribution in [0.1, 0.15) is 29.7 Å². The smallest absolute Gasteiger partial charge is 0.225 e. The van der Waals surface area contributed by atoms with Crippen molar-refractivity contribution >= 4 is 45.0 Å². The van der Waals surface area contributed by atoms with Gasteiger partial charge in [0, 0.05) is 17.4 Å². The Labute approximate surface area is 196 Å². The zero-order valence-corrected chi connectivity index (χ0v) is 20.3. The predicted octanol–water partition coefficient (Wildman–Crippen LogP) is 5.93. The molecule has 4 rings (SSSR count). The van der Waals surface area contributed by atoms with Gasteiger partial charge < -0.3 is 10.1 Å². The van der Waals surface area contributed by atoms with E-state index in [1.165, 1.54) is 16.0 Å². The molecule has 2 aromatic heterocycles. The summed E-state index contributed by atoms with van der Waals surface area (Å²) in [5, 5.41) is 8.33. The second-order valence-corrected chi connectivity index (χ2v) is 9.84. The van der Waals surface area contributed by atoms with Gasteiger partial charge in [0.05, 0.1) is 23.0 Å². The Hall–Kier alpha value is -2.84. The third-order valence-electron chi connectivity index (χ3n) is 5.15. The molecule has 0 aliphatic heterocycles. The third kappa shape index (κ3) is 5.14. The molecule has 0 fully saturated rings. The van der Waals surface area contributed by atoms with Gasteiger partial charge in [-0.15, -0.1) is 11.8 Å². The summed E-state index contributed by atoms with van der Waals surface area (Å²) in [5.41, 5.74) is 4.24. The molecule has 1 N–H and O–H groups in total. The van der Waals surface area contributed by atoms with Gasteiger partial charge in [0.25, 0.3) is 0 Å². The van der Waals surface area contributed by atoms with Crippen molar-refractivity contribution in [3.63, 3.8) is 0 Å². The summed E-state index contributed by atoms with van der Waals surface area (Å²) < 4.78 is 8.03. The highest BCUT2D eigenvalue weighted by Gasteiger charge is 2.15. The van der Waals surface area contributed by atoms with E-state index in [0.29, 0.717) is 12.2 Å². The second-order valence-electron chi connectivity index (χ2n) is 7.66. The lowest BCUT2D eigenvalue weighted by molar-refractivity contribution is -0.116. The number of benzene rings is 2. The number of rotatable bonds is 8. The molecule has 32 heavy (non-hydrogen) atoms. The molecule has 0 saturated heterocycles. The van der Waals surface area contributed by atoms with Crippen molar-refractivity contribution in [2.24, 2.45) is 0 Å². The molecule has 4 aromatic rings. The van der Waals surface area contributed by atoms with Gasteiger partial charge in [0.1, 0.15) is 11.6 Å². The number of nitrogens with zero attached hydrogens (tertiary/aromatic N) is 3. The van der Waals surface area contributed by atoms with Crippen LogP contribution in [-0.4, -0.2) is 33.5 Å². The number of fused-ring (bicyclic) bond motifs is 1. The molecular weight excluding hydrogens is 440 g/mol. The molecule has 2 aromatic carbocycles. The fraction of sp³-hybridized carbons (Fsp3) is 0.292. The number of nitrogens with one attached hydrogen (secondary N) is 1. The fourth-order valence-corrected chi connectivity index (χ4v) is 5.16. The molecule has 0 unspecified atom stereocenters. The second kappa shape index (κ2) is 9.75. The molecule has 0 spiro atoms. The number of hydrogen-bond donors (Lipinski definition) is 1. The third-order valence-corrected chi connectivity index (χ3v) is 7.24. The Bertz CT molecular complexity index is 1210. The molecule has 6 nitrogen and oxygen atoms in total. The van der Waals surface area contributed by atoms with Gasteiger partial charge in [-0.1, -0.05) is 11.3 Å². The summed E-state index contributed by atoms with van der Waals surface area (Å²) in [6, 6.07) is 14.1. The van der Waals surface area contributed by atoms with E-state index in [9.17, 15) is 4.79 Å². The lowest BCUT2D eigenvalue weighted by atomic mass is 10.1. The molecule has 0 bridgehead atoms. The van der Waals surface area contributed by atoms with E-state index < -0.39 is 0 Å². The van der Waals surface area contributed by atoms with E-state index in [2.05, 4.69) is 36.4 Å². The number of carbonyl (C=O) groups is 1. The number of thiazole rings is 1. The Morgan fingerprint density at radius 2 is 1.88 bits per heavy atom. The molecule has 166 valence electrons. The van der Waals surface area contributed by atoms with Crippen molar-refractivity contribution < 1.29 is 9.53 Å². The molecule has 0 aliphatic rings. The van der Waals surface area contributed by atoms with Gasteiger partial charge in [-0.3, -0.25) is 4.79 Å². The first kappa shape index (κ1) is 22.4. The topological polar surface area (TPSA) is 69.0 Å². The zero-order valence-electron chi connectivity index (χ0n) is 18.6. The number of aromatic nitrogens is 3. The maximum Gasteiger partial charge on any atom is 0.225 e. The van der Waals surface area contributed by atoms with Crippen LogP contribution in [0, 0.1) is 20.8 Å². The van der Waals surface area contributed by atoms with Crippen LogP contribution in [0.5, 0.6) is 5.75 Å². The van der Waals surface area contributed by atoms with Gasteiger partial charge in [-0.05, 0) is 80.5 Å². The van der Waals surface area contributed by atoms with E-state index in [1.807, 2.05) is 37.3 Å².